The first-order valence-corrected chi connectivity index (χ1v) is 7.81. The maximum atomic E-state index is 6.28. The summed E-state index contributed by atoms with van der Waals surface area (Å²) in [5, 5.41) is 0. The van der Waals surface area contributed by atoms with Crippen LogP contribution < -0.4 is 5.73 Å². The zero-order valence-electron chi connectivity index (χ0n) is 11.8. The van der Waals surface area contributed by atoms with E-state index in [9.17, 15) is 0 Å². The van der Waals surface area contributed by atoms with E-state index >= 15 is 0 Å². The standard InChI is InChI=1S/C15H24BrN3/c1-12(17)15(13-6-3-4-7-14(13)16)19-9-5-8-18(2)10-11-19/h3-4,6-7,12,15H,5,8-11,17H2,1-2H3. The van der Waals surface area contributed by atoms with E-state index in [0.29, 0.717) is 6.04 Å². The van der Waals surface area contributed by atoms with Crippen molar-refractivity contribution in [3.05, 3.63) is 34.3 Å². The first kappa shape index (κ1) is 15.0. The Balaban J connectivity index is 2.23. The van der Waals surface area contributed by atoms with Gasteiger partial charge in [-0.25, -0.2) is 0 Å². The van der Waals surface area contributed by atoms with Crippen LogP contribution in [-0.4, -0.2) is 49.1 Å². The van der Waals surface area contributed by atoms with Gasteiger partial charge in [0.15, 0.2) is 0 Å². The molecule has 1 aliphatic rings. The van der Waals surface area contributed by atoms with Crippen LogP contribution in [0.15, 0.2) is 28.7 Å². The van der Waals surface area contributed by atoms with Gasteiger partial charge in [-0.3, -0.25) is 4.90 Å². The van der Waals surface area contributed by atoms with E-state index in [1.54, 1.807) is 0 Å². The summed E-state index contributed by atoms with van der Waals surface area (Å²) in [5.41, 5.74) is 7.59. The van der Waals surface area contributed by atoms with Gasteiger partial charge in [-0.15, -0.1) is 0 Å². The first-order valence-electron chi connectivity index (χ1n) is 7.02. The fraction of sp³-hybridized carbons (Fsp3) is 0.600. The third-order valence-corrected chi connectivity index (χ3v) is 4.59. The zero-order valence-corrected chi connectivity index (χ0v) is 13.4. The van der Waals surface area contributed by atoms with Crippen molar-refractivity contribution in [3.63, 3.8) is 0 Å². The molecule has 4 heteroatoms. The highest BCUT2D eigenvalue weighted by Crippen LogP contribution is 2.30. The Labute approximate surface area is 124 Å². The molecule has 0 aromatic heterocycles. The van der Waals surface area contributed by atoms with Gasteiger partial charge in [0.25, 0.3) is 0 Å². The van der Waals surface area contributed by atoms with Gasteiger partial charge in [0, 0.05) is 30.1 Å². The lowest BCUT2D eigenvalue weighted by Gasteiger charge is -2.34. The third-order valence-electron chi connectivity index (χ3n) is 3.87. The minimum Gasteiger partial charge on any atom is -0.326 e. The average molecular weight is 326 g/mol. The SMILES string of the molecule is CC(N)C(c1ccccc1Br)N1CCCN(C)CC1. The van der Waals surface area contributed by atoms with Crippen LogP contribution in [0.5, 0.6) is 0 Å². The van der Waals surface area contributed by atoms with E-state index in [-0.39, 0.29) is 6.04 Å². The van der Waals surface area contributed by atoms with E-state index in [2.05, 4.69) is 64.0 Å². The van der Waals surface area contributed by atoms with E-state index < -0.39 is 0 Å². The predicted octanol–water partition coefficient (Wildman–Crippen LogP) is 2.47. The number of halogens is 1. The highest BCUT2D eigenvalue weighted by Gasteiger charge is 2.26. The number of rotatable bonds is 3. The number of hydrogen-bond donors (Lipinski definition) is 1. The molecular weight excluding hydrogens is 302 g/mol. The van der Waals surface area contributed by atoms with Crippen LogP contribution in [0.25, 0.3) is 0 Å². The van der Waals surface area contributed by atoms with Crippen molar-refractivity contribution in [1.82, 2.24) is 9.80 Å². The smallest absolute Gasteiger partial charge is 0.0508 e. The lowest BCUT2D eigenvalue weighted by atomic mass is 9.99. The van der Waals surface area contributed by atoms with Gasteiger partial charge in [-0.2, -0.15) is 0 Å². The fourth-order valence-corrected chi connectivity index (χ4v) is 3.39. The molecule has 19 heavy (non-hydrogen) atoms. The second kappa shape index (κ2) is 6.84. The molecule has 0 bridgehead atoms. The highest BCUT2D eigenvalue weighted by atomic mass is 79.9. The first-order chi connectivity index (χ1) is 9.09. The number of nitrogens with two attached hydrogens (primary N) is 1. The van der Waals surface area contributed by atoms with E-state index in [1.165, 1.54) is 18.5 Å². The van der Waals surface area contributed by atoms with Crippen LogP contribution in [0.2, 0.25) is 0 Å². The van der Waals surface area contributed by atoms with E-state index in [4.69, 9.17) is 5.73 Å². The Bertz CT molecular complexity index is 408. The Morgan fingerprint density at radius 1 is 1.16 bits per heavy atom. The van der Waals surface area contributed by atoms with Crippen molar-refractivity contribution in [3.8, 4) is 0 Å². The summed E-state index contributed by atoms with van der Waals surface area (Å²) in [4.78, 5) is 4.94. The van der Waals surface area contributed by atoms with Crippen LogP contribution in [-0.2, 0) is 0 Å². The molecule has 3 nitrogen and oxygen atoms in total. The second-order valence-electron chi connectivity index (χ2n) is 5.52. The van der Waals surface area contributed by atoms with Crippen LogP contribution in [0.1, 0.15) is 24.9 Å². The fourth-order valence-electron chi connectivity index (χ4n) is 2.87. The molecule has 2 rings (SSSR count). The summed E-state index contributed by atoms with van der Waals surface area (Å²) in [5.74, 6) is 0. The lowest BCUT2D eigenvalue weighted by Crippen LogP contribution is -2.41. The van der Waals surface area contributed by atoms with Crippen molar-refractivity contribution in [2.75, 3.05) is 33.2 Å². The highest BCUT2D eigenvalue weighted by molar-refractivity contribution is 9.10. The van der Waals surface area contributed by atoms with E-state index in [1.807, 2.05) is 0 Å². The second-order valence-corrected chi connectivity index (χ2v) is 6.37. The minimum absolute atomic E-state index is 0.127. The molecule has 2 unspecified atom stereocenters. The average Bonchev–Trinajstić information content (AvgIpc) is 2.57. The number of likely N-dealkylation sites (N-methyl/N-ethyl adjacent to an activating group) is 1. The summed E-state index contributed by atoms with van der Waals surface area (Å²) in [6, 6.07) is 8.87. The van der Waals surface area contributed by atoms with Crippen molar-refractivity contribution >= 4 is 15.9 Å². The van der Waals surface area contributed by atoms with Gasteiger partial charge in [0.1, 0.15) is 0 Å². The molecule has 0 aliphatic carbocycles. The molecule has 106 valence electrons. The minimum atomic E-state index is 0.127. The van der Waals surface area contributed by atoms with Crippen LogP contribution in [0.4, 0.5) is 0 Å². The normalized spacial score (nSPS) is 21.9. The molecular formula is C15H24BrN3. The van der Waals surface area contributed by atoms with Gasteiger partial charge in [-0.05, 0) is 38.6 Å². The molecule has 1 heterocycles. The Morgan fingerprint density at radius 3 is 2.58 bits per heavy atom. The predicted molar refractivity (Wildman–Crippen MR) is 84.2 cm³/mol. The van der Waals surface area contributed by atoms with Crippen LogP contribution in [0.3, 0.4) is 0 Å². The zero-order chi connectivity index (χ0) is 13.8. The summed E-state index contributed by atoms with van der Waals surface area (Å²) >= 11 is 3.67. The molecule has 1 aliphatic heterocycles. The van der Waals surface area contributed by atoms with E-state index in [0.717, 1.165) is 24.1 Å². The monoisotopic (exact) mass is 325 g/mol. The molecule has 0 radical (unpaired) electrons. The molecule has 1 aromatic rings. The quantitative estimate of drug-likeness (QED) is 0.926. The van der Waals surface area contributed by atoms with Gasteiger partial charge < -0.3 is 10.6 Å². The third kappa shape index (κ3) is 3.78. The molecule has 1 aromatic carbocycles. The van der Waals surface area contributed by atoms with Gasteiger partial charge in [0.05, 0.1) is 6.04 Å². The van der Waals surface area contributed by atoms with Crippen LogP contribution >= 0.6 is 15.9 Å². The van der Waals surface area contributed by atoms with Crippen molar-refractivity contribution < 1.29 is 0 Å². The largest absolute Gasteiger partial charge is 0.326 e. The van der Waals surface area contributed by atoms with Gasteiger partial charge in [-0.1, -0.05) is 34.1 Å². The Morgan fingerprint density at radius 2 is 1.89 bits per heavy atom. The summed E-state index contributed by atoms with van der Waals surface area (Å²) in [6.45, 7) is 6.62. The maximum Gasteiger partial charge on any atom is 0.0508 e. The summed E-state index contributed by atoms with van der Waals surface area (Å²) in [6.07, 6.45) is 1.21. The molecule has 1 fully saturated rings. The number of nitrogens with zero attached hydrogens (tertiary/aromatic N) is 2. The van der Waals surface area contributed by atoms with Crippen molar-refractivity contribution in [2.45, 2.75) is 25.4 Å². The topological polar surface area (TPSA) is 32.5 Å². The lowest BCUT2D eigenvalue weighted by molar-refractivity contribution is 0.182. The Hall–Kier alpha value is -0.420. The molecule has 0 amide bonds. The van der Waals surface area contributed by atoms with Gasteiger partial charge in [0.2, 0.25) is 0 Å². The summed E-state index contributed by atoms with van der Waals surface area (Å²) in [7, 11) is 2.20. The van der Waals surface area contributed by atoms with Crippen molar-refractivity contribution in [2.24, 2.45) is 5.73 Å². The molecule has 0 saturated carbocycles. The number of benzene rings is 1. The molecule has 0 spiro atoms. The number of hydrogen-bond acceptors (Lipinski definition) is 3. The maximum absolute atomic E-state index is 6.28. The molecule has 1 saturated heterocycles. The summed E-state index contributed by atoms with van der Waals surface area (Å²) < 4.78 is 1.16. The van der Waals surface area contributed by atoms with Gasteiger partial charge >= 0.3 is 0 Å². The Kier molecular flexibility index (Phi) is 5.39. The molecule has 2 atom stereocenters. The molecule has 2 N–H and O–H groups in total. The van der Waals surface area contributed by atoms with Crippen LogP contribution in [0, 0.1) is 0 Å². The van der Waals surface area contributed by atoms with Crippen molar-refractivity contribution in [1.29, 1.82) is 0 Å².